The maximum Gasteiger partial charge on any atom is 0.262 e. The first-order valence-corrected chi connectivity index (χ1v) is 11.5. The Hall–Kier alpha value is -4.21. The lowest BCUT2D eigenvalue weighted by Gasteiger charge is -2.24. The molecular weight excluding hydrogens is 430 g/mol. The van der Waals surface area contributed by atoms with Crippen LogP contribution in [0.1, 0.15) is 43.7 Å². The second kappa shape index (κ2) is 8.97. The summed E-state index contributed by atoms with van der Waals surface area (Å²) in [4.78, 5) is 10.4. The van der Waals surface area contributed by atoms with E-state index in [1.54, 1.807) is 12.4 Å². The Morgan fingerprint density at radius 3 is 2.50 bits per heavy atom. The van der Waals surface area contributed by atoms with E-state index in [0.717, 1.165) is 40.8 Å². The molecule has 4 aromatic heterocycles. The standard InChI is InChI=1S/C24H23N9O/c1-2-4-20(5-3-1)33-22(18-10-12-25-13-11-18)21(14-27-33)24-29-23(30-34-24)19-8-6-17(7-9-19)15-32-28-16-26-31-32/h6-14,16,20H,1-5,15H2. The van der Waals surface area contributed by atoms with Crippen molar-refractivity contribution in [1.82, 2.24) is 45.1 Å². The van der Waals surface area contributed by atoms with Crippen LogP contribution in [0, 0.1) is 0 Å². The zero-order chi connectivity index (χ0) is 22.7. The normalized spacial score (nSPS) is 14.5. The summed E-state index contributed by atoms with van der Waals surface area (Å²) in [7, 11) is 0. The number of aromatic nitrogens is 9. The monoisotopic (exact) mass is 453 g/mol. The van der Waals surface area contributed by atoms with Crippen LogP contribution in [0.4, 0.5) is 0 Å². The smallest absolute Gasteiger partial charge is 0.262 e. The molecule has 0 spiro atoms. The van der Waals surface area contributed by atoms with Crippen molar-refractivity contribution in [1.29, 1.82) is 0 Å². The van der Waals surface area contributed by atoms with Crippen molar-refractivity contribution in [3.8, 4) is 34.1 Å². The van der Waals surface area contributed by atoms with Gasteiger partial charge in [0, 0.05) is 23.5 Å². The summed E-state index contributed by atoms with van der Waals surface area (Å²) in [5.74, 6) is 0.992. The molecule has 6 rings (SSSR count). The van der Waals surface area contributed by atoms with Gasteiger partial charge in [-0.1, -0.05) is 48.7 Å². The van der Waals surface area contributed by atoms with E-state index in [2.05, 4.69) is 30.2 Å². The Kier molecular flexibility index (Phi) is 5.38. The minimum atomic E-state index is 0.375. The highest BCUT2D eigenvalue weighted by Gasteiger charge is 2.25. The van der Waals surface area contributed by atoms with Crippen molar-refractivity contribution in [2.45, 2.75) is 44.7 Å². The molecule has 0 radical (unpaired) electrons. The lowest BCUT2D eigenvalue weighted by Crippen LogP contribution is -2.15. The third kappa shape index (κ3) is 3.98. The van der Waals surface area contributed by atoms with E-state index in [9.17, 15) is 0 Å². The number of hydrogen-bond acceptors (Lipinski definition) is 8. The summed E-state index contributed by atoms with van der Waals surface area (Å²) in [5, 5.41) is 20.7. The minimum absolute atomic E-state index is 0.375. The summed E-state index contributed by atoms with van der Waals surface area (Å²) in [6.07, 6.45) is 12.9. The fourth-order valence-electron chi connectivity index (χ4n) is 4.55. The first kappa shape index (κ1) is 20.4. The van der Waals surface area contributed by atoms with Gasteiger partial charge >= 0.3 is 0 Å². The van der Waals surface area contributed by atoms with Crippen LogP contribution < -0.4 is 0 Å². The summed E-state index contributed by atoms with van der Waals surface area (Å²) in [6.45, 7) is 0.549. The number of nitrogens with zero attached hydrogens (tertiary/aromatic N) is 9. The average molecular weight is 454 g/mol. The zero-order valence-electron chi connectivity index (χ0n) is 18.5. The summed E-state index contributed by atoms with van der Waals surface area (Å²) >= 11 is 0. The molecule has 1 fully saturated rings. The highest BCUT2D eigenvalue weighted by molar-refractivity contribution is 5.77. The Morgan fingerprint density at radius 1 is 0.912 bits per heavy atom. The van der Waals surface area contributed by atoms with Crippen LogP contribution in [0.5, 0.6) is 0 Å². The van der Waals surface area contributed by atoms with Crippen LogP contribution in [-0.4, -0.2) is 45.1 Å². The zero-order valence-corrected chi connectivity index (χ0v) is 18.5. The molecule has 0 bridgehead atoms. The molecule has 0 atom stereocenters. The van der Waals surface area contributed by atoms with Gasteiger partial charge in [-0.2, -0.15) is 14.9 Å². The molecule has 1 aromatic carbocycles. The van der Waals surface area contributed by atoms with Gasteiger partial charge in [-0.25, -0.2) is 0 Å². The van der Waals surface area contributed by atoms with E-state index < -0.39 is 0 Å². The van der Waals surface area contributed by atoms with Crippen LogP contribution in [0.3, 0.4) is 0 Å². The van der Waals surface area contributed by atoms with E-state index in [1.165, 1.54) is 30.4 Å². The van der Waals surface area contributed by atoms with Crippen molar-refractivity contribution in [3.63, 3.8) is 0 Å². The average Bonchev–Trinajstić information content (AvgIpc) is 3.66. The maximum absolute atomic E-state index is 5.72. The summed E-state index contributed by atoms with van der Waals surface area (Å²) in [6, 6.07) is 12.3. The van der Waals surface area contributed by atoms with E-state index in [1.807, 2.05) is 42.6 Å². The topological polar surface area (TPSA) is 113 Å². The van der Waals surface area contributed by atoms with Crippen LogP contribution >= 0.6 is 0 Å². The molecule has 5 aromatic rings. The fraction of sp³-hybridized carbons (Fsp3) is 0.292. The van der Waals surface area contributed by atoms with Gasteiger partial charge in [0.1, 0.15) is 0 Å². The van der Waals surface area contributed by atoms with Gasteiger partial charge < -0.3 is 4.52 Å². The van der Waals surface area contributed by atoms with Crippen molar-refractivity contribution >= 4 is 0 Å². The van der Waals surface area contributed by atoms with E-state index in [4.69, 9.17) is 14.6 Å². The molecule has 1 aliphatic rings. The SMILES string of the molecule is c1cc(-c2c(-c3nc(-c4ccc(Cn5ncnn5)cc4)no3)cnn2C2CCCCC2)ccn1. The van der Waals surface area contributed by atoms with Crippen LogP contribution in [-0.2, 0) is 6.54 Å². The van der Waals surface area contributed by atoms with E-state index in [-0.39, 0.29) is 0 Å². The van der Waals surface area contributed by atoms with Crippen LogP contribution in [0.15, 0.2) is 65.8 Å². The predicted octanol–water partition coefficient (Wildman–Crippen LogP) is 4.20. The Balaban J connectivity index is 1.32. The lowest BCUT2D eigenvalue weighted by atomic mass is 9.95. The van der Waals surface area contributed by atoms with Gasteiger partial charge in [0.05, 0.1) is 30.0 Å². The van der Waals surface area contributed by atoms with Crippen molar-refractivity contribution in [2.75, 3.05) is 0 Å². The third-order valence-electron chi connectivity index (χ3n) is 6.25. The second-order valence-electron chi connectivity index (χ2n) is 8.47. The van der Waals surface area contributed by atoms with Crippen molar-refractivity contribution in [2.24, 2.45) is 0 Å². The second-order valence-corrected chi connectivity index (χ2v) is 8.47. The molecular formula is C24H23N9O. The fourth-order valence-corrected chi connectivity index (χ4v) is 4.55. The molecule has 34 heavy (non-hydrogen) atoms. The lowest BCUT2D eigenvalue weighted by molar-refractivity contribution is 0.332. The molecule has 1 aliphatic carbocycles. The summed E-state index contributed by atoms with van der Waals surface area (Å²) in [5.41, 5.74) is 4.80. The highest BCUT2D eigenvalue weighted by atomic mass is 16.5. The molecule has 10 nitrogen and oxygen atoms in total. The first-order valence-electron chi connectivity index (χ1n) is 11.5. The highest BCUT2D eigenvalue weighted by Crippen LogP contribution is 2.37. The molecule has 1 saturated carbocycles. The quantitative estimate of drug-likeness (QED) is 0.376. The van der Waals surface area contributed by atoms with Crippen molar-refractivity contribution < 1.29 is 4.52 Å². The molecule has 4 heterocycles. The Bertz CT molecular complexity index is 1350. The molecule has 0 saturated heterocycles. The number of pyridine rings is 1. The summed E-state index contributed by atoms with van der Waals surface area (Å²) < 4.78 is 7.86. The largest absolute Gasteiger partial charge is 0.333 e. The van der Waals surface area contributed by atoms with Gasteiger partial charge in [0.25, 0.3) is 5.89 Å². The minimum Gasteiger partial charge on any atom is -0.333 e. The first-order chi connectivity index (χ1) is 16.8. The van der Waals surface area contributed by atoms with Gasteiger partial charge in [-0.05, 0) is 35.8 Å². The van der Waals surface area contributed by atoms with Gasteiger partial charge in [-0.15, -0.1) is 10.2 Å². The Morgan fingerprint density at radius 2 is 1.74 bits per heavy atom. The molecule has 0 aliphatic heterocycles. The van der Waals surface area contributed by atoms with Gasteiger partial charge in [-0.3, -0.25) is 9.67 Å². The predicted molar refractivity (Wildman–Crippen MR) is 123 cm³/mol. The maximum atomic E-state index is 5.72. The number of rotatable bonds is 6. The molecule has 0 unspecified atom stereocenters. The van der Waals surface area contributed by atoms with Crippen LogP contribution in [0.2, 0.25) is 0 Å². The molecule has 170 valence electrons. The number of hydrogen-bond donors (Lipinski definition) is 0. The van der Waals surface area contributed by atoms with E-state index in [0.29, 0.717) is 24.3 Å². The number of benzene rings is 1. The third-order valence-corrected chi connectivity index (χ3v) is 6.25. The van der Waals surface area contributed by atoms with E-state index >= 15 is 0 Å². The van der Waals surface area contributed by atoms with Gasteiger partial charge in [0.2, 0.25) is 5.82 Å². The number of tetrazole rings is 1. The molecule has 0 N–H and O–H groups in total. The Labute approximate surface area is 195 Å². The van der Waals surface area contributed by atoms with Crippen LogP contribution in [0.25, 0.3) is 34.1 Å². The molecule has 10 heteroatoms. The van der Waals surface area contributed by atoms with Crippen molar-refractivity contribution in [3.05, 3.63) is 66.9 Å². The molecule has 0 amide bonds. The van der Waals surface area contributed by atoms with Gasteiger partial charge in [0.15, 0.2) is 6.33 Å².